The van der Waals surface area contributed by atoms with E-state index in [0.717, 1.165) is 5.46 Å². The van der Waals surface area contributed by atoms with Gasteiger partial charge < -0.3 is 14.0 Å². The molecule has 1 aliphatic heterocycles. The zero-order chi connectivity index (χ0) is 17.7. The van der Waals surface area contributed by atoms with Crippen molar-refractivity contribution < 1.29 is 18.8 Å². The molecule has 0 bridgehead atoms. The Kier molecular flexibility index (Phi) is 6.83. The Morgan fingerprint density at radius 1 is 1.22 bits per heavy atom. The molecular weight excluding hydrogens is 295 g/mol. The van der Waals surface area contributed by atoms with Gasteiger partial charge in [-0.2, -0.15) is 5.10 Å². The van der Waals surface area contributed by atoms with Crippen LogP contribution in [0, 0.1) is 0 Å². The van der Waals surface area contributed by atoms with Crippen molar-refractivity contribution in [3.63, 3.8) is 0 Å². The van der Waals surface area contributed by atoms with Crippen LogP contribution in [-0.4, -0.2) is 40.7 Å². The molecule has 0 aromatic carbocycles. The first-order valence-electron chi connectivity index (χ1n) is 8.20. The average Bonchev–Trinajstić information content (AvgIpc) is 2.94. The number of carbonyl (C=O) groups is 1. The Morgan fingerprint density at radius 3 is 2.22 bits per heavy atom. The fourth-order valence-electron chi connectivity index (χ4n) is 1.91. The second-order valence-corrected chi connectivity index (χ2v) is 6.57. The Morgan fingerprint density at radius 2 is 1.74 bits per heavy atom. The average molecular weight is 324 g/mol. The lowest BCUT2D eigenvalue weighted by Crippen LogP contribution is -2.41. The zero-order valence-corrected chi connectivity index (χ0v) is 15.4. The molecule has 0 atom stereocenters. The minimum Gasteiger partial charge on any atom is -0.465 e. The highest BCUT2D eigenvalue weighted by Gasteiger charge is 2.52. The van der Waals surface area contributed by atoms with E-state index >= 15 is 0 Å². The van der Waals surface area contributed by atoms with E-state index in [1.807, 2.05) is 27.7 Å². The van der Waals surface area contributed by atoms with E-state index in [2.05, 4.69) is 18.9 Å². The Bertz CT molecular complexity index is 498. The van der Waals surface area contributed by atoms with Crippen molar-refractivity contribution in [1.82, 2.24) is 9.78 Å². The molecule has 0 aliphatic carbocycles. The van der Waals surface area contributed by atoms with Crippen LogP contribution in [0.2, 0.25) is 0 Å². The van der Waals surface area contributed by atoms with Gasteiger partial charge in [-0.15, -0.1) is 0 Å². The summed E-state index contributed by atoms with van der Waals surface area (Å²) < 4.78 is 18.3. The Balaban J connectivity index is 0.000000816. The highest BCUT2D eigenvalue weighted by molar-refractivity contribution is 6.62. The number of hydrogen-bond acceptors (Lipinski definition) is 5. The third kappa shape index (κ3) is 5.07. The molecule has 1 saturated heterocycles. The molecule has 23 heavy (non-hydrogen) atoms. The van der Waals surface area contributed by atoms with Gasteiger partial charge in [0.2, 0.25) is 0 Å². The summed E-state index contributed by atoms with van der Waals surface area (Å²) in [7, 11) is -0.462. The van der Waals surface area contributed by atoms with Crippen LogP contribution < -0.4 is 5.46 Å². The summed E-state index contributed by atoms with van der Waals surface area (Å²) in [4.78, 5) is 11.4. The van der Waals surface area contributed by atoms with Crippen LogP contribution in [0.5, 0.6) is 0 Å². The van der Waals surface area contributed by atoms with Crippen LogP contribution in [-0.2, 0) is 25.4 Å². The molecule has 1 aromatic heterocycles. The van der Waals surface area contributed by atoms with Crippen LogP contribution in [0.3, 0.4) is 0 Å². The number of ether oxygens (including phenoxy) is 1. The van der Waals surface area contributed by atoms with E-state index in [0.29, 0.717) is 6.61 Å². The van der Waals surface area contributed by atoms with Crippen LogP contribution in [0.15, 0.2) is 12.4 Å². The van der Waals surface area contributed by atoms with Crippen molar-refractivity contribution in [1.29, 1.82) is 0 Å². The summed E-state index contributed by atoms with van der Waals surface area (Å²) in [5, 5.41) is 4.13. The van der Waals surface area contributed by atoms with Crippen molar-refractivity contribution in [3.05, 3.63) is 12.4 Å². The van der Waals surface area contributed by atoms with Crippen molar-refractivity contribution >= 4 is 18.6 Å². The molecule has 1 aliphatic rings. The van der Waals surface area contributed by atoms with Gasteiger partial charge in [-0.1, -0.05) is 20.3 Å². The number of rotatable bonds is 4. The van der Waals surface area contributed by atoms with Gasteiger partial charge in [0.15, 0.2) is 0 Å². The maximum Gasteiger partial charge on any atom is 0.498 e. The van der Waals surface area contributed by atoms with Gasteiger partial charge in [0.1, 0.15) is 6.54 Å². The van der Waals surface area contributed by atoms with E-state index in [1.165, 1.54) is 11.1 Å². The fraction of sp³-hybridized carbons (Fsp3) is 0.750. The maximum absolute atomic E-state index is 11.4. The predicted molar refractivity (Wildman–Crippen MR) is 90.5 cm³/mol. The minimum absolute atomic E-state index is 0.0906. The maximum atomic E-state index is 11.4. The number of hydrogen-bond donors (Lipinski definition) is 0. The van der Waals surface area contributed by atoms with Crippen LogP contribution in [0.1, 0.15) is 54.9 Å². The summed E-state index contributed by atoms with van der Waals surface area (Å²) in [5.74, 6) is -0.309. The van der Waals surface area contributed by atoms with E-state index in [-0.39, 0.29) is 23.7 Å². The quantitative estimate of drug-likeness (QED) is 0.627. The predicted octanol–water partition coefficient (Wildman–Crippen LogP) is 2.16. The molecule has 0 unspecified atom stereocenters. The number of esters is 1. The molecule has 2 heterocycles. The highest BCUT2D eigenvalue weighted by atomic mass is 16.7. The molecule has 1 aromatic rings. The van der Waals surface area contributed by atoms with Crippen LogP contribution >= 0.6 is 0 Å². The first-order chi connectivity index (χ1) is 10.7. The molecule has 1 fully saturated rings. The zero-order valence-electron chi connectivity index (χ0n) is 15.4. The molecule has 6 nitrogen and oxygen atoms in total. The minimum atomic E-state index is -0.462. The van der Waals surface area contributed by atoms with Gasteiger partial charge in [-0.05, 0) is 34.6 Å². The van der Waals surface area contributed by atoms with Crippen LogP contribution in [0.4, 0.5) is 0 Å². The molecule has 0 saturated carbocycles. The summed E-state index contributed by atoms with van der Waals surface area (Å²) in [6.07, 6.45) is 4.65. The summed E-state index contributed by atoms with van der Waals surface area (Å²) in [6, 6.07) is 0. The first-order valence-corrected chi connectivity index (χ1v) is 8.20. The lowest BCUT2D eigenvalue weighted by Gasteiger charge is -2.32. The molecule has 0 spiro atoms. The fourth-order valence-corrected chi connectivity index (χ4v) is 1.91. The molecule has 0 amide bonds. The van der Waals surface area contributed by atoms with Gasteiger partial charge in [-0.3, -0.25) is 9.48 Å². The lowest BCUT2D eigenvalue weighted by molar-refractivity contribution is -0.144. The van der Waals surface area contributed by atoms with Gasteiger partial charge in [0.25, 0.3) is 0 Å². The second kappa shape index (κ2) is 7.97. The highest BCUT2D eigenvalue weighted by Crippen LogP contribution is 2.36. The van der Waals surface area contributed by atoms with E-state index in [9.17, 15) is 4.79 Å². The van der Waals surface area contributed by atoms with Gasteiger partial charge in [-0.25, -0.2) is 0 Å². The molecule has 130 valence electrons. The van der Waals surface area contributed by atoms with Crippen molar-refractivity contribution in [2.75, 3.05) is 6.61 Å². The van der Waals surface area contributed by atoms with Gasteiger partial charge >= 0.3 is 13.1 Å². The molecule has 2 rings (SSSR count). The SMILES string of the molecule is CCC.CCOC(=O)Cn1cc(B2OC(C)(C)C(C)(C)O2)cn1. The lowest BCUT2D eigenvalue weighted by atomic mass is 9.82. The van der Waals surface area contributed by atoms with Crippen LogP contribution in [0.25, 0.3) is 0 Å². The molecule has 7 heteroatoms. The topological polar surface area (TPSA) is 62.6 Å². The van der Waals surface area contributed by atoms with Crippen molar-refractivity contribution in [2.45, 2.75) is 72.6 Å². The summed E-state index contributed by atoms with van der Waals surface area (Å²) in [6.45, 7) is 14.5. The first kappa shape index (κ1) is 19.7. The smallest absolute Gasteiger partial charge is 0.465 e. The monoisotopic (exact) mass is 324 g/mol. The van der Waals surface area contributed by atoms with E-state index in [4.69, 9.17) is 14.0 Å². The Hall–Kier alpha value is -1.34. The number of aromatic nitrogens is 2. The second-order valence-electron chi connectivity index (χ2n) is 6.57. The van der Waals surface area contributed by atoms with Crippen molar-refractivity contribution in [3.8, 4) is 0 Å². The largest absolute Gasteiger partial charge is 0.498 e. The van der Waals surface area contributed by atoms with Gasteiger partial charge in [0, 0.05) is 17.9 Å². The summed E-state index contributed by atoms with van der Waals surface area (Å²) >= 11 is 0. The summed E-state index contributed by atoms with van der Waals surface area (Å²) in [5.41, 5.74) is 0.0230. The third-order valence-electron chi connectivity index (χ3n) is 3.78. The third-order valence-corrected chi connectivity index (χ3v) is 3.78. The van der Waals surface area contributed by atoms with E-state index < -0.39 is 7.12 Å². The van der Waals surface area contributed by atoms with E-state index in [1.54, 1.807) is 19.3 Å². The van der Waals surface area contributed by atoms with Gasteiger partial charge in [0.05, 0.1) is 17.8 Å². The molecule has 0 radical (unpaired) electrons. The number of nitrogens with zero attached hydrogens (tertiary/aromatic N) is 2. The normalized spacial score (nSPS) is 18.3. The molecule has 0 N–H and O–H groups in total. The van der Waals surface area contributed by atoms with Crippen molar-refractivity contribution in [2.24, 2.45) is 0 Å². The Labute approximate surface area is 139 Å². The standard InChI is InChI=1S/C13H21BN2O4.C3H8/c1-6-18-11(17)9-16-8-10(7-15-16)14-19-12(2,3)13(4,5)20-14;1-3-2/h7-8H,6,9H2,1-5H3;3H2,1-2H3. The number of carbonyl (C=O) groups excluding carboxylic acids is 1. The molecular formula is C16H29BN2O4.